The number of rotatable bonds is 6. The van der Waals surface area contributed by atoms with Crippen molar-refractivity contribution in [3.63, 3.8) is 0 Å². The van der Waals surface area contributed by atoms with Gasteiger partial charge in [0.05, 0.1) is 17.6 Å². The van der Waals surface area contributed by atoms with Crippen LogP contribution in [0.25, 0.3) is 11.3 Å². The van der Waals surface area contributed by atoms with Crippen LogP contribution in [0.4, 0.5) is 11.4 Å². The number of benzene rings is 2. The minimum atomic E-state index is -0.521. The van der Waals surface area contributed by atoms with Crippen LogP contribution in [0.1, 0.15) is 21.7 Å². The van der Waals surface area contributed by atoms with Crippen molar-refractivity contribution < 1.29 is 24.0 Å². The normalized spacial score (nSPS) is 10.5. The second-order valence-electron chi connectivity index (χ2n) is 6.05. The monoisotopic (exact) mass is 382 g/mol. The lowest BCUT2D eigenvalue weighted by molar-refractivity contribution is -0.385. The molecular formula is C20H18N2O6. The Morgan fingerprint density at radius 3 is 2.64 bits per heavy atom. The summed E-state index contributed by atoms with van der Waals surface area (Å²) in [6, 6.07) is 12.6. The number of carbonyl (C=O) groups excluding carboxylic acids is 1. The molecule has 0 aliphatic rings. The highest BCUT2D eigenvalue weighted by atomic mass is 16.6. The molecule has 0 unspecified atom stereocenters. The molecular weight excluding hydrogens is 364 g/mol. The fraction of sp³-hybridized carbons (Fsp3) is 0.150. The van der Waals surface area contributed by atoms with Gasteiger partial charge in [-0.05, 0) is 43.3 Å². The van der Waals surface area contributed by atoms with Gasteiger partial charge in [-0.15, -0.1) is 0 Å². The van der Waals surface area contributed by atoms with E-state index in [9.17, 15) is 20.0 Å². The standard InChI is InChI=1S/C20H18N2O6/c1-12-3-4-13(9-17(12)22(25)26)20(24)21-14-5-7-18(27-2)16(10-14)19-8-6-15(11-23)28-19/h3-10,23H,11H2,1-2H3,(H,21,24). The average Bonchev–Trinajstić information content (AvgIpc) is 3.17. The van der Waals surface area contributed by atoms with Gasteiger partial charge in [-0.1, -0.05) is 6.07 Å². The van der Waals surface area contributed by atoms with Gasteiger partial charge in [0.25, 0.3) is 11.6 Å². The van der Waals surface area contributed by atoms with Crippen LogP contribution in [0, 0.1) is 17.0 Å². The Hall–Kier alpha value is -3.65. The minimum absolute atomic E-state index is 0.116. The Balaban J connectivity index is 1.90. The average molecular weight is 382 g/mol. The van der Waals surface area contributed by atoms with E-state index in [0.717, 1.165) is 0 Å². The number of nitrogens with zero attached hydrogens (tertiary/aromatic N) is 1. The van der Waals surface area contributed by atoms with Crippen molar-refractivity contribution in [2.45, 2.75) is 13.5 Å². The van der Waals surface area contributed by atoms with Crippen molar-refractivity contribution in [2.75, 3.05) is 12.4 Å². The number of nitro benzene ring substituents is 1. The van der Waals surface area contributed by atoms with Gasteiger partial charge in [0, 0.05) is 22.9 Å². The van der Waals surface area contributed by atoms with Crippen LogP contribution in [-0.4, -0.2) is 23.0 Å². The fourth-order valence-corrected chi connectivity index (χ4v) is 2.74. The first-order valence-corrected chi connectivity index (χ1v) is 8.37. The molecule has 0 fully saturated rings. The highest BCUT2D eigenvalue weighted by molar-refractivity contribution is 6.05. The smallest absolute Gasteiger partial charge is 0.273 e. The van der Waals surface area contributed by atoms with Crippen LogP contribution in [0.15, 0.2) is 52.9 Å². The third-order valence-corrected chi connectivity index (χ3v) is 4.21. The molecule has 2 N–H and O–H groups in total. The number of aliphatic hydroxyl groups excluding tert-OH is 1. The van der Waals surface area contributed by atoms with Crippen molar-refractivity contribution in [2.24, 2.45) is 0 Å². The number of methoxy groups -OCH3 is 1. The molecule has 8 heteroatoms. The van der Waals surface area contributed by atoms with E-state index in [1.807, 2.05) is 0 Å². The van der Waals surface area contributed by atoms with E-state index in [0.29, 0.717) is 34.1 Å². The van der Waals surface area contributed by atoms with Crippen LogP contribution in [0.2, 0.25) is 0 Å². The molecule has 1 amide bonds. The summed E-state index contributed by atoms with van der Waals surface area (Å²) >= 11 is 0. The summed E-state index contributed by atoms with van der Waals surface area (Å²) < 4.78 is 10.9. The summed E-state index contributed by atoms with van der Waals surface area (Å²) in [6.45, 7) is 1.38. The summed E-state index contributed by atoms with van der Waals surface area (Å²) in [4.78, 5) is 23.1. The molecule has 1 aromatic heterocycles. The molecule has 1 heterocycles. The third-order valence-electron chi connectivity index (χ3n) is 4.21. The Morgan fingerprint density at radius 2 is 2.00 bits per heavy atom. The van der Waals surface area contributed by atoms with Crippen LogP contribution < -0.4 is 10.1 Å². The van der Waals surface area contributed by atoms with E-state index in [-0.39, 0.29) is 17.9 Å². The van der Waals surface area contributed by atoms with Crippen molar-refractivity contribution >= 4 is 17.3 Å². The minimum Gasteiger partial charge on any atom is -0.496 e. The number of ether oxygens (including phenoxy) is 1. The molecule has 3 aromatic rings. The maximum atomic E-state index is 12.5. The first kappa shape index (κ1) is 19.1. The highest BCUT2D eigenvalue weighted by Gasteiger charge is 2.17. The fourth-order valence-electron chi connectivity index (χ4n) is 2.74. The molecule has 0 radical (unpaired) electrons. The number of furan rings is 1. The lowest BCUT2D eigenvalue weighted by Crippen LogP contribution is -2.12. The lowest BCUT2D eigenvalue weighted by Gasteiger charge is -2.11. The Bertz CT molecular complexity index is 1040. The van der Waals surface area contributed by atoms with E-state index in [2.05, 4.69) is 5.32 Å². The largest absolute Gasteiger partial charge is 0.496 e. The molecule has 8 nitrogen and oxygen atoms in total. The van der Waals surface area contributed by atoms with Crippen molar-refractivity contribution in [3.8, 4) is 17.1 Å². The number of nitrogens with one attached hydrogen (secondary N) is 1. The lowest BCUT2D eigenvalue weighted by atomic mass is 10.1. The number of hydrogen-bond donors (Lipinski definition) is 2. The maximum Gasteiger partial charge on any atom is 0.273 e. The number of anilines is 1. The second-order valence-corrected chi connectivity index (χ2v) is 6.05. The summed E-state index contributed by atoms with van der Waals surface area (Å²) in [5, 5.41) is 23.0. The molecule has 0 atom stereocenters. The van der Waals surface area contributed by atoms with Crippen LogP contribution >= 0.6 is 0 Å². The zero-order valence-corrected chi connectivity index (χ0v) is 15.3. The molecule has 0 bridgehead atoms. The van der Waals surface area contributed by atoms with Crippen molar-refractivity contribution in [1.29, 1.82) is 0 Å². The topological polar surface area (TPSA) is 115 Å². The molecule has 2 aromatic carbocycles. The van der Waals surface area contributed by atoms with Gasteiger partial charge in [-0.3, -0.25) is 14.9 Å². The van der Waals surface area contributed by atoms with Crippen LogP contribution in [-0.2, 0) is 6.61 Å². The number of carbonyl (C=O) groups is 1. The van der Waals surface area contributed by atoms with Crippen molar-refractivity contribution in [3.05, 3.63) is 75.5 Å². The van der Waals surface area contributed by atoms with E-state index >= 15 is 0 Å². The number of hydrogen-bond acceptors (Lipinski definition) is 6. The predicted molar refractivity (Wildman–Crippen MR) is 102 cm³/mol. The number of amides is 1. The molecule has 3 rings (SSSR count). The molecule has 0 aliphatic heterocycles. The zero-order chi connectivity index (χ0) is 20.3. The van der Waals surface area contributed by atoms with Gasteiger partial charge in [-0.25, -0.2) is 0 Å². The number of aryl methyl sites for hydroxylation is 1. The van der Waals surface area contributed by atoms with Gasteiger partial charge in [-0.2, -0.15) is 0 Å². The molecule has 0 saturated carbocycles. The van der Waals surface area contributed by atoms with E-state index in [1.165, 1.54) is 25.3 Å². The summed E-state index contributed by atoms with van der Waals surface area (Å²) in [5.41, 5.74) is 1.59. The third kappa shape index (κ3) is 3.86. The number of nitro groups is 1. The summed E-state index contributed by atoms with van der Waals surface area (Å²) in [6.07, 6.45) is 0. The van der Waals surface area contributed by atoms with Gasteiger partial charge in [0.15, 0.2) is 0 Å². The van der Waals surface area contributed by atoms with Crippen LogP contribution in [0.5, 0.6) is 5.75 Å². The van der Waals surface area contributed by atoms with Crippen molar-refractivity contribution in [1.82, 2.24) is 0 Å². The molecule has 0 spiro atoms. The Kier molecular flexibility index (Phi) is 5.42. The Labute approximate surface area is 160 Å². The zero-order valence-electron chi connectivity index (χ0n) is 15.3. The maximum absolute atomic E-state index is 12.5. The van der Waals surface area contributed by atoms with Gasteiger partial charge in [0.1, 0.15) is 23.9 Å². The summed E-state index contributed by atoms with van der Waals surface area (Å²) in [5.74, 6) is 0.930. The second kappa shape index (κ2) is 7.93. The molecule has 144 valence electrons. The SMILES string of the molecule is COc1ccc(NC(=O)c2ccc(C)c([N+](=O)[O-])c2)cc1-c1ccc(CO)o1. The first-order valence-electron chi connectivity index (χ1n) is 8.37. The number of aliphatic hydroxyl groups is 1. The predicted octanol–water partition coefficient (Wildman–Crippen LogP) is 3.92. The van der Waals surface area contributed by atoms with E-state index < -0.39 is 10.8 Å². The molecule has 0 saturated heterocycles. The van der Waals surface area contributed by atoms with E-state index in [4.69, 9.17) is 9.15 Å². The van der Waals surface area contributed by atoms with Gasteiger partial charge >= 0.3 is 0 Å². The highest BCUT2D eigenvalue weighted by Crippen LogP contribution is 2.34. The van der Waals surface area contributed by atoms with Gasteiger partial charge in [0.2, 0.25) is 0 Å². The van der Waals surface area contributed by atoms with Gasteiger partial charge < -0.3 is 19.6 Å². The quantitative estimate of drug-likeness (QED) is 0.493. The first-order chi connectivity index (χ1) is 13.4. The van der Waals surface area contributed by atoms with E-state index in [1.54, 1.807) is 37.3 Å². The molecule has 28 heavy (non-hydrogen) atoms. The molecule has 0 aliphatic carbocycles. The summed E-state index contributed by atoms with van der Waals surface area (Å²) in [7, 11) is 1.51. The van der Waals surface area contributed by atoms with Crippen LogP contribution in [0.3, 0.4) is 0 Å². The Morgan fingerprint density at radius 1 is 1.21 bits per heavy atom.